The summed E-state index contributed by atoms with van der Waals surface area (Å²) in [6, 6.07) is 13.8. The van der Waals surface area contributed by atoms with Gasteiger partial charge in [-0.1, -0.05) is 50.1 Å². The number of hydrogen-bond donors (Lipinski definition) is 0. The van der Waals surface area contributed by atoms with E-state index in [9.17, 15) is 4.79 Å². The number of carbonyl (C=O) groups excluding carboxylic acids is 1. The van der Waals surface area contributed by atoms with Gasteiger partial charge < -0.3 is 4.90 Å². The molecule has 0 N–H and O–H groups in total. The fourth-order valence-electron chi connectivity index (χ4n) is 3.65. The number of unbranched alkanes of at least 4 members (excludes halogenated alkanes) is 1. The lowest BCUT2D eigenvalue weighted by molar-refractivity contribution is 0.0745. The standard InChI is InChI=1S/C23H23N3O/c1-2-3-7-18-8-6-15-26(18)23(27)20-16-22(17-11-13-24-14-12-17)25-21-10-5-4-9-19(20)21/h4-6,8-14,16,18H,2-3,7,15H2,1H3. The Bertz CT molecular complexity index is 981. The molecule has 3 heterocycles. The molecule has 1 unspecified atom stereocenters. The molecule has 0 bridgehead atoms. The first-order valence-corrected chi connectivity index (χ1v) is 9.55. The van der Waals surface area contributed by atoms with Crippen molar-refractivity contribution < 1.29 is 4.79 Å². The van der Waals surface area contributed by atoms with Crippen LogP contribution >= 0.6 is 0 Å². The Labute approximate surface area is 159 Å². The molecule has 136 valence electrons. The summed E-state index contributed by atoms with van der Waals surface area (Å²) >= 11 is 0. The van der Waals surface area contributed by atoms with Crippen LogP contribution < -0.4 is 0 Å². The summed E-state index contributed by atoms with van der Waals surface area (Å²) in [7, 11) is 0. The van der Waals surface area contributed by atoms with Crippen molar-refractivity contribution in [3.05, 3.63) is 72.6 Å². The van der Waals surface area contributed by atoms with Gasteiger partial charge in [-0.25, -0.2) is 4.98 Å². The minimum atomic E-state index is 0.0787. The summed E-state index contributed by atoms with van der Waals surface area (Å²) < 4.78 is 0. The molecule has 1 aliphatic rings. The van der Waals surface area contributed by atoms with Crippen molar-refractivity contribution in [2.75, 3.05) is 6.54 Å². The number of hydrogen-bond acceptors (Lipinski definition) is 3. The van der Waals surface area contributed by atoms with Crippen LogP contribution in [0.15, 0.2) is 67.0 Å². The third kappa shape index (κ3) is 3.47. The summed E-state index contributed by atoms with van der Waals surface area (Å²) in [5.74, 6) is 0.0787. The third-order valence-electron chi connectivity index (χ3n) is 5.10. The van der Waals surface area contributed by atoms with Crippen LogP contribution in [0, 0.1) is 0 Å². The first-order chi connectivity index (χ1) is 13.3. The molecule has 1 atom stereocenters. The molecule has 1 amide bonds. The number of rotatable bonds is 5. The van der Waals surface area contributed by atoms with Gasteiger partial charge in [0.05, 0.1) is 22.8 Å². The predicted molar refractivity (Wildman–Crippen MR) is 108 cm³/mol. The second-order valence-corrected chi connectivity index (χ2v) is 6.90. The minimum absolute atomic E-state index is 0.0787. The number of pyridine rings is 2. The lowest BCUT2D eigenvalue weighted by Gasteiger charge is -2.25. The van der Waals surface area contributed by atoms with Crippen molar-refractivity contribution in [2.45, 2.75) is 32.2 Å². The van der Waals surface area contributed by atoms with Crippen molar-refractivity contribution >= 4 is 16.8 Å². The number of fused-ring (bicyclic) bond motifs is 1. The molecule has 3 aromatic rings. The van der Waals surface area contributed by atoms with Crippen molar-refractivity contribution in [1.29, 1.82) is 0 Å². The zero-order valence-electron chi connectivity index (χ0n) is 15.5. The number of aromatic nitrogens is 2. The van der Waals surface area contributed by atoms with Gasteiger partial charge in [0.1, 0.15) is 0 Å². The molecule has 0 fully saturated rings. The SMILES string of the molecule is CCCCC1C=CCN1C(=O)c1cc(-c2ccncc2)nc2ccccc12. The van der Waals surface area contributed by atoms with Gasteiger partial charge in [0.15, 0.2) is 0 Å². The van der Waals surface area contributed by atoms with Crippen molar-refractivity contribution in [2.24, 2.45) is 0 Å². The zero-order chi connectivity index (χ0) is 18.6. The Morgan fingerprint density at radius 3 is 2.81 bits per heavy atom. The number of benzene rings is 1. The highest BCUT2D eigenvalue weighted by atomic mass is 16.2. The van der Waals surface area contributed by atoms with Gasteiger partial charge >= 0.3 is 0 Å². The molecule has 1 aliphatic heterocycles. The zero-order valence-corrected chi connectivity index (χ0v) is 15.5. The lowest BCUT2D eigenvalue weighted by Crippen LogP contribution is -2.36. The maximum Gasteiger partial charge on any atom is 0.255 e. The normalized spacial score (nSPS) is 16.2. The minimum Gasteiger partial charge on any atom is -0.328 e. The molecule has 0 saturated carbocycles. The van der Waals surface area contributed by atoms with E-state index < -0.39 is 0 Å². The molecule has 0 spiro atoms. The number of para-hydroxylation sites is 1. The van der Waals surface area contributed by atoms with E-state index in [4.69, 9.17) is 4.98 Å². The van der Waals surface area contributed by atoms with Crippen LogP contribution in [-0.4, -0.2) is 33.4 Å². The molecular formula is C23H23N3O. The quantitative estimate of drug-likeness (QED) is 0.612. The Hall–Kier alpha value is -3.01. The Kier molecular flexibility index (Phi) is 4.97. The number of amides is 1. The van der Waals surface area contributed by atoms with Crippen molar-refractivity contribution in [3.63, 3.8) is 0 Å². The van der Waals surface area contributed by atoms with Gasteiger partial charge in [-0.2, -0.15) is 0 Å². The van der Waals surface area contributed by atoms with Crippen LogP contribution in [0.3, 0.4) is 0 Å². The average molecular weight is 357 g/mol. The second kappa shape index (κ2) is 7.70. The monoisotopic (exact) mass is 357 g/mol. The van der Waals surface area contributed by atoms with E-state index in [0.29, 0.717) is 6.54 Å². The van der Waals surface area contributed by atoms with Crippen LogP contribution in [0.5, 0.6) is 0 Å². The molecular weight excluding hydrogens is 334 g/mol. The molecule has 0 radical (unpaired) electrons. The van der Waals surface area contributed by atoms with E-state index >= 15 is 0 Å². The van der Waals surface area contributed by atoms with Crippen LogP contribution in [0.25, 0.3) is 22.2 Å². The van der Waals surface area contributed by atoms with E-state index in [1.165, 1.54) is 0 Å². The van der Waals surface area contributed by atoms with Gasteiger partial charge in [0.2, 0.25) is 0 Å². The van der Waals surface area contributed by atoms with E-state index in [1.807, 2.05) is 47.4 Å². The van der Waals surface area contributed by atoms with Crippen LogP contribution in [0.4, 0.5) is 0 Å². The highest BCUT2D eigenvalue weighted by molar-refractivity contribution is 6.07. The Morgan fingerprint density at radius 1 is 1.19 bits per heavy atom. The first kappa shape index (κ1) is 17.4. The van der Waals surface area contributed by atoms with Gasteiger partial charge in [-0.15, -0.1) is 0 Å². The van der Waals surface area contributed by atoms with E-state index in [2.05, 4.69) is 24.1 Å². The molecule has 1 aromatic carbocycles. The number of nitrogens with zero attached hydrogens (tertiary/aromatic N) is 3. The summed E-state index contributed by atoms with van der Waals surface area (Å²) in [5.41, 5.74) is 3.33. The molecule has 4 nitrogen and oxygen atoms in total. The molecule has 27 heavy (non-hydrogen) atoms. The first-order valence-electron chi connectivity index (χ1n) is 9.55. The van der Waals surface area contributed by atoms with E-state index in [1.54, 1.807) is 12.4 Å². The Balaban J connectivity index is 1.77. The van der Waals surface area contributed by atoms with Crippen molar-refractivity contribution in [3.8, 4) is 11.3 Å². The van der Waals surface area contributed by atoms with Crippen molar-refractivity contribution in [1.82, 2.24) is 14.9 Å². The lowest BCUT2D eigenvalue weighted by atomic mass is 10.0. The molecule has 0 aliphatic carbocycles. The Morgan fingerprint density at radius 2 is 2.00 bits per heavy atom. The molecule has 0 saturated heterocycles. The van der Waals surface area contributed by atoms with Gasteiger partial charge in [0.25, 0.3) is 5.91 Å². The van der Waals surface area contributed by atoms with E-state index in [-0.39, 0.29) is 11.9 Å². The topological polar surface area (TPSA) is 46.1 Å². The van der Waals surface area contributed by atoms with Gasteiger partial charge in [-0.3, -0.25) is 9.78 Å². The maximum atomic E-state index is 13.5. The third-order valence-corrected chi connectivity index (χ3v) is 5.10. The number of carbonyl (C=O) groups is 1. The molecule has 4 heteroatoms. The second-order valence-electron chi connectivity index (χ2n) is 6.90. The highest BCUT2D eigenvalue weighted by Gasteiger charge is 2.27. The molecule has 4 rings (SSSR count). The molecule has 2 aromatic heterocycles. The van der Waals surface area contributed by atoms with Gasteiger partial charge in [-0.05, 0) is 30.7 Å². The summed E-state index contributed by atoms with van der Waals surface area (Å²) in [5, 5.41) is 0.904. The summed E-state index contributed by atoms with van der Waals surface area (Å²) in [4.78, 5) is 24.3. The maximum absolute atomic E-state index is 13.5. The average Bonchev–Trinajstić information content (AvgIpc) is 3.20. The van der Waals surface area contributed by atoms with Crippen LogP contribution in [0.2, 0.25) is 0 Å². The summed E-state index contributed by atoms with van der Waals surface area (Å²) in [6.45, 7) is 2.86. The fraction of sp³-hybridized carbons (Fsp3) is 0.261. The van der Waals surface area contributed by atoms with E-state index in [0.717, 1.165) is 47.0 Å². The highest BCUT2D eigenvalue weighted by Crippen LogP contribution is 2.27. The largest absolute Gasteiger partial charge is 0.328 e. The fourth-order valence-corrected chi connectivity index (χ4v) is 3.65. The summed E-state index contributed by atoms with van der Waals surface area (Å²) in [6.07, 6.45) is 11.0. The van der Waals surface area contributed by atoms with Crippen LogP contribution in [-0.2, 0) is 0 Å². The van der Waals surface area contributed by atoms with Gasteiger partial charge in [0, 0.05) is 29.9 Å². The van der Waals surface area contributed by atoms with Crippen LogP contribution in [0.1, 0.15) is 36.5 Å². The smallest absolute Gasteiger partial charge is 0.255 e. The predicted octanol–water partition coefficient (Wildman–Crippen LogP) is 4.87.